The predicted octanol–water partition coefficient (Wildman–Crippen LogP) is 5.62. The fraction of sp³-hybridized carbons (Fsp3) is 0.0833. The van der Waals surface area contributed by atoms with Gasteiger partial charge in [0, 0.05) is 28.0 Å². The van der Waals surface area contributed by atoms with Crippen molar-refractivity contribution in [2.24, 2.45) is 0 Å². The summed E-state index contributed by atoms with van der Waals surface area (Å²) in [7, 11) is 1.21. The molecular weight excluding hydrogens is 421 g/mol. The summed E-state index contributed by atoms with van der Waals surface area (Å²) in [6.07, 6.45) is 1.54. The number of rotatable bonds is 4. The number of Topliss-reactive ketones (excluding diaryl/α,β-unsaturated/α-hetero) is 1. The van der Waals surface area contributed by atoms with Crippen LogP contribution in [0, 0.1) is 5.82 Å². The average molecular weight is 438 g/mol. The third-order valence-electron chi connectivity index (χ3n) is 4.89. The van der Waals surface area contributed by atoms with Gasteiger partial charge in [-0.05, 0) is 55.5 Å². The van der Waals surface area contributed by atoms with Crippen molar-refractivity contribution in [3.05, 3.63) is 94.2 Å². The summed E-state index contributed by atoms with van der Waals surface area (Å²) in [5.74, 6) is -0.673. The van der Waals surface area contributed by atoms with Crippen LogP contribution in [-0.4, -0.2) is 18.9 Å². The van der Waals surface area contributed by atoms with Gasteiger partial charge in [-0.15, -0.1) is 0 Å². The summed E-state index contributed by atoms with van der Waals surface area (Å²) in [5.41, 5.74) is 1.81. The number of esters is 1. The zero-order chi connectivity index (χ0) is 22.1. The first kappa shape index (κ1) is 20.6. The number of benzene rings is 2. The quantitative estimate of drug-likeness (QED) is 0.301. The van der Waals surface area contributed by atoms with Crippen LogP contribution in [0.15, 0.2) is 82.0 Å². The lowest BCUT2D eigenvalue weighted by molar-refractivity contribution is -0.137. The molecule has 1 aliphatic rings. The Morgan fingerprint density at radius 2 is 1.87 bits per heavy atom. The van der Waals surface area contributed by atoms with Crippen molar-refractivity contribution in [3.63, 3.8) is 0 Å². The fourth-order valence-electron chi connectivity index (χ4n) is 3.44. The van der Waals surface area contributed by atoms with Crippen LogP contribution in [-0.2, 0) is 14.3 Å². The minimum Gasteiger partial charge on any atom is -0.465 e. The number of ketones is 1. The van der Waals surface area contributed by atoms with Gasteiger partial charge in [-0.1, -0.05) is 23.7 Å². The highest BCUT2D eigenvalue weighted by Crippen LogP contribution is 2.36. The first-order valence-electron chi connectivity index (χ1n) is 9.36. The Morgan fingerprint density at radius 3 is 2.55 bits per heavy atom. The average Bonchev–Trinajstić information content (AvgIpc) is 3.32. The van der Waals surface area contributed by atoms with E-state index in [1.807, 2.05) is 12.1 Å². The van der Waals surface area contributed by atoms with Crippen LogP contribution >= 0.6 is 11.6 Å². The summed E-state index contributed by atoms with van der Waals surface area (Å²) < 4.78 is 24.1. The summed E-state index contributed by atoms with van der Waals surface area (Å²) in [6.45, 7) is 1.63. The molecule has 2 aromatic carbocycles. The van der Waals surface area contributed by atoms with E-state index in [4.69, 9.17) is 20.8 Å². The Hall–Kier alpha value is -3.64. The second kappa shape index (κ2) is 8.24. The van der Waals surface area contributed by atoms with Crippen molar-refractivity contribution >= 4 is 35.1 Å². The van der Waals surface area contributed by atoms with Crippen molar-refractivity contribution in [3.8, 4) is 11.3 Å². The zero-order valence-corrected chi connectivity index (χ0v) is 17.4. The summed E-state index contributed by atoms with van der Waals surface area (Å²) in [6, 6.07) is 16.3. The predicted molar refractivity (Wildman–Crippen MR) is 116 cm³/mol. The van der Waals surface area contributed by atoms with Crippen molar-refractivity contribution in [1.82, 2.24) is 0 Å². The molecule has 0 bridgehead atoms. The number of furan rings is 1. The Bertz CT molecular complexity index is 1240. The molecule has 0 radical (unpaired) electrons. The lowest BCUT2D eigenvalue weighted by atomic mass is 10.1. The van der Waals surface area contributed by atoms with E-state index in [1.165, 1.54) is 31.4 Å². The van der Waals surface area contributed by atoms with Gasteiger partial charge in [0.1, 0.15) is 22.9 Å². The van der Waals surface area contributed by atoms with E-state index in [0.717, 1.165) is 5.56 Å². The molecule has 5 nitrogen and oxygen atoms in total. The SMILES string of the molecule is COC(=O)C1=C(C)N(c2ccc(F)cc2)/C(=C/c2ccc(-c3cccc(Cl)c3)o2)C1=O. The molecule has 0 atom stereocenters. The number of anilines is 1. The number of hydrogen-bond donors (Lipinski definition) is 0. The normalized spacial score (nSPS) is 15.2. The lowest BCUT2D eigenvalue weighted by Gasteiger charge is -2.21. The van der Waals surface area contributed by atoms with E-state index in [1.54, 1.807) is 42.2 Å². The molecule has 3 aromatic rings. The molecule has 1 aromatic heterocycles. The van der Waals surface area contributed by atoms with Crippen LogP contribution in [0.1, 0.15) is 12.7 Å². The molecule has 1 aliphatic heterocycles. The maximum atomic E-state index is 13.4. The Morgan fingerprint density at radius 1 is 1.13 bits per heavy atom. The highest BCUT2D eigenvalue weighted by molar-refractivity contribution is 6.31. The third-order valence-corrected chi connectivity index (χ3v) is 5.12. The van der Waals surface area contributed by atoms with E-state index in [2.05, 4.69) is 0 Å². The number of carbonyl (C=O) groups excluding carboxylic acids is 2. The first-order chi connectivity index (χ1) is 14.9. The van der Waals surface area contributed by atoms with Gasteiger partial charge >= 0.3 is 5.97 Å². The summed E-state index contributed by atoms with van der Waals surface area (Å²) in [4.78, 5) is 26.9. The van der Waals surface area contributed by atoms with Crippen LogP contribution in [0.2, 0.25) is 5.02 Å². The molecule has 7 heteroatoms. The van der Waals surface area contributed by atoms with Crippen molar-refractivity contribution in [1.29, 1.82) is 0 Å². The monoisotopic (exact) mass is 437 g/mol. The van der Waals surface area contributed by atoms with E-state index in [0.29, 0.717) is 27.9 Å². The molecule has 0 fully saturated rings. The van der Waals surface area contributed by atoms with Crippen molar-refractivity contribution in [2.45, 2.75) is 6.92 Å². The number of carbonyl (C=O) groups is 2. The number of hydrogen-bond acceptors (Lipinski definition) is 5. The largest absolute Gasteiger partial charge is 0.465 e. The van der Waals surface area contributed by atoms with E-state index < -0.39 is 17.6 Å². The van der Waals surface area contributed by atoms with Crippen molar-refractivity contribution < 1.29 is 23.1 Å². The fourth-order valence-corrected chi connectivity index (χ4v) is 3.63. The highest BCUT2D eigenvalue weighted by atomic mass is 35.5. The molecule has 0 N–H and O–H groups in total. The van der Waals surface area contributed by atoms with Gasteiger partial charge in [0.2, 0.25) is 5.78 Å². The molecule has 0 amide bonds. The second-order valence-electron chi connectivity index (χ2n) is 6.83. The molecule has 2 heterocycles. The van der Waals surface area contributed by atoms with Gasteiger partial charge in [-0.25, -0.2) is 9.18 Å². The molecule has 0 aliphatic carbocycles. The maximum absolute atomic E-state index is 13.4. The van der Waals surface area contributed by atoms with Crippen LogP contribution in [0.4, 0.5) is 10.1 Å². The van der Waals surface area contributed by atoms with Gasteiger partial charge in [-0.2, -0.15) is 0 Å². The van der Waals surface area contributed by atoms with Crippen LogP contribution in [0.5, 0.6) is 0 Å². The molecule has 0 saturated heterocycles. The summed E-state index contributed by atoms with van der Waals surface area (Å²) >= 11 is 6.05. The Labute approximate surface area is 183 Å². The number of ether oxygens (including phenoxy) is 1. The van der Waals surface area contributed by atoms with Gasteiger partial charge in [-0.3, -0.25) is 4.79 Å². The third kappa shape index (κ3) is 3.90. The second-order valence-corrected chi connectivity index (χ2v) is 7.27. The minimum atomic E-state index is -0.739. The lowest BCUT2D eigenvalue weighted by Crippen LogP contribution is -2.18. The number of nitrogens with zero attached hydrogens (tertiary/aromatic N) is 1. The Kier molecular flexibility index (Phi) is 5.48. The molecule has 0 saturated carbocycles. The van der Waals surface area contributed by atoms with Crippen LogP contribution in [0.25, 0.3) is 17.4 Å². The van der Waals surface area contributed by atoms with Crippen LogP contribution in [0.3, 0.4) is 0 Å². The van der Waals surface area contributed by atoms with E-state index in [-0.39, 0.29) is 11.3 Å². The Balaban J connectivity index is 1.78. The van der Waals surface area contributed by atoms with E-state index in [9.17, 15) is 14.0 Å². The first-order valence-corrected chi connectivity index (χ1v) is 9.74. The molecule has 0 spiro atoms. The van der Waals surface area contributed by atoms with Gasteiger partial charge in [0.25, 0.3) is 0 Å². The smallest absolute Gasteiger partial charge is 0.343 e. The van der Waals surface area contributed by atoms with Crippen molar-refractivity contribution in [2.75, 3.05) is 12.0 Å². The number of allylic oxidation sites excluding steroid dienone is 2. The molecular formula is C24H17ClFNO4. The topological polar surface area (TPSA) is 59.8 Å². The van der Waals surface area contributed by atoms with Gasteiger partial charge < -0.3 is 14.1 Å². The zero-order valence-electron chi connectivity index (χ0n) is 16.7. The summed E-state index contributed by atoms with van der Waals surface area (Å²) in [5, 5.41) is 0.574. The number of methoxy groups -OCH3 is 1. The van der Waals surface area contributed by atoms with E-state index >= 15 is 0 Å². The van der Waals surface area contributed by atoms with Gasteiger partial charge in [0.15, 0.2) is 0 Å². The molecule has 0 unspecified atom stereocenters. The molecule has 4 rings (SSSR count). The number of halogens is 2. The molecule has 156 valence electrons. The standard InChI is InChI=1S/C24H17ClFNO4/c1-14-22(24(29)30-2)23(28)20(27(14)18-8-6-17(26)7-9-18)13-19-10-11-21(31-19)15-4-3-5-16(25)12-15/h3-13H,1-2H3/b20-13+. The maximum Gasteiger partial charge on any atom is 0.343 e. The minimum absolute atomic E-state index is 0.0836. The van der Waals surface area contributed by atoms with Gasteiger partial charge in [0.05, 0.1) is 12.8 Å². The molecule has 31 heavy (non-hydrogen) atoms. The highest BCUT2D eigenvalue weighted by Gasteiger charge is 2.38. The van der Waals surface area contributed by atoms with Crippen LogP contribution < -0.4 is 4.90 Å².